The summed E-state index contributed by atoms with van der Waals surface area (Å²) in [5, 5.41) is 7.12. The normalized spacial score (nSPS) is 11.5. The highest BCUT2D eigenvalue weighted by Gasteiger charge is 2.13. The van der Waals surface area contributed by atoms with Crippen LogP contribution in [0.25, 0.3) is 0 Å². The predicted molar refractivity (Wildman–Crippen MR) is 73.6 cm³/mol. The SMILES string of the molecule is CNS(=O)(=O)c1ccc(N)c(Nc2ccn(C)n2)c1. The summed E-state index contributed by atoms with van der Waals surface area (Å²) in [6, 6.07) is 6.22. The van der Waals surface area contributed by atoms with Crippen LogP contribution in [0.3, 0.4) is 0 Å². The molecule has 8 heteroatoms. The molecule has 0 bridgehead atoms. The molecular weight excluding hydrogens is 266 g/mol. The lowest BCUT2D eigenvalue weighted by atomic mass is 10.2. The van der Waals surface area contributed by atoms with E-state index < -0.39 is 10.0 Å². The van der Waals surface area contributed by atoms with Crippen LogP contribution >= 0.6 is 0 Å². The van der Waals surface area contributed by atoms with E-state index in [0.717, 1.165) is 0 Å². The van der Waals surface area contributed by atoms with Gasteiger partial charge in [0.15, 0.2) is 5.82 Å². The molecule has 0 aliphatic carbocycles. The molecule has 0 saturated heterocycles. The van der Waals surface area contributed by atoms with Gasteiger partial charge in [-0.2, -0.15) is 5.10 Å². The maximum atomic E-state index is 11.7. The molecule has 0 aliphatic rings. The van der Waals surface area contributed by atoms with Crippen molar-refractivity contribution in [1.29, 1.82) is 0 Å². The summed E-state index contributed by atoms with van der Waals surface area (Å²) in [7, 11) is -0.349. The number of nitrogens with one attached hydrogen (secondary N) is 2. The van der Waals surface area contributed by atoms with E-state index in [1.54, 1.807) is 24.0 Å². The maximum Gasteiger partial charge on any atom is 0.240 e. The molecule has 4 N–H and O–H groups in total. The topological polar surface area (TPSA) is 102 Å². The summed E-state index contributed by atoms with van der Waals surface area (Å²) < 4.78 is 27.3. The summed E-state index contributed by atoms with van der Waals surface area (Å²) in [6.45, 7) is 0. The summed E-state index contributed by atoms with van der Waals surface area (Å²) in [5.41, 5.74) is 6.76. The summed E-state index contributed by atoms with van der Waals surface area (Å²) in [4.78, 5) is 0.141. The number of sulfonamides is 1. The first kappa shape index (κ1) is 13.4. The van der Waals surface area contributed by atoms with Crippen molar-refractivity contribution < 1.29 is 8.42 Å². The van der Waals surface area contributed by atoms with Gasteiger partial charge in [-0.25, -0.2) is 13.1 Å². The Kier molecular flexibility index (Phi) is 3.45. The molecule has 0 amide bonds. The average molecular weight is 281 g/mol. The van der Waals surface area contributed by atoms with Crippen molar-refractivity contribution in [3.05, 3.63) is 30.5 Å². The van der Waals surface area contributed by atoms with Crippen LogP contribution in [0.2, 0.25) is 0 Å². The van der Waals surface area contributed by atoms with Gasteiger partial charge in [-0.1, -0.05) is 0 Å². The molecule has 1 heterocycles. The third kappa shape index (κ3) is 2.85. The number of hydrogen-bond acceptors (Lipinski definition) is 5. The number of anilines is 3. The second-order valence-corrected chi connectivity index (χ2v) is 5.84. The zero-order valence-electron chi connectivity index (χ0n) is 10.6. The fourth-order valence-electron chi connectivity index (χ4n) is 1.55. The highest BCUT2D eigenvalue weighted by Crippen LogP contribution is 2.25. The lowest BCUT2D eigenvalue weighted by Crippen LogP contribution is -2.18. The van der Waals surface area contributed by atoms with Crippen molar-refractivity contribution in [2.24, 2.45) is 7.05 Å². The van der Waals surface area contributed by atoms with Crippen LogP contribution in [-0.2, 0) is 17.1 Å². The number of hydrogen-bond donors (Lipinski definition) is 3. The molecule has 7 nitrogen and oxygen atoms in total. The molecule has 2 rings (SSSR count). The Morgan fingerprint density at radius 3 is 2.63 bits per heavy atom. The Morgan fingerprint density at radius 1 is 1.32 bits per heavy atom. The number of aryl methyl sites for hydroxylation is 1. The quantitative estimate of drug-likeness (QED) is 0.714. The van der Waals surface area contributed by atoms with Crippen molar-refractivity contribution in [2.75, 3.05) is 18.1 Å². The van der Waals surface area contributed by atoms with Crippen molar-refractivity contribution in [3.63, 3.8) is 0 Å². The van der Waals surface area contributed by atoms with E-state index in [4.69, 9.17) is 5.73 Å². The molecule has 0 fully saturated rings. The average Bonchev–Trinajstić information content (AvgIpc) is 2.77. The van der Waals surface area contributed by atoms with Crippen LogP contribution in [0, 0.1) is 0 Å². The highest BCUT2D eigenvalue weighted by molar-refractivity contribution is 7.89. The number of nitrogens with zero attached hydrogens (tertiary/aromatic N) is 2. The Balaban J connectivity index is 2.38. The lowest BCUT2D eigenvalue weighted by Gasteiger charge is -2.09. The number of nitrogens with two attached hydrogens (primary N) is 1. The molecule has 1 aromatic carbocycles. The molecule has 0 aliphatic heterocycles. The monoisotopic (exact) mass is 281 g/mol. The third-order valence-corrected chi connectivity index (χ3v) is 3.99. The fourth-order valence-corrected chi connectivity index (χ4v) is 2.30. The second kappa shape index (κ2) is 4.90. The van der Waals surface area contributed by atoms with E-state index in [2.05, 4.69) is 15.1 Å². The number of benzene rings is 1. The Labute approximate surface area is 111 Å². The zero-order valence-corrected chi connectivity index (χ0v) is 11.4. The molecule has 102 valence electrons. The zero-order chi connectivity index (χ0) is 14.0. The molecule has 0 radical (unpaired) electrons. The largest absolute Gasteiger partial charge is 0.397 e. The van der Waals surface area contributed by atoms with Crippen LogP contribution in [0.1, 0.15) is 0 Å². The molecule has 2 aromatic rings. The van der Waals surface area contributed by atoms with Crippen molar-refractivity contribution in [2.45, 2.75) is 4.90 Å². The van der Waals surface area contributed by atoms with Crippen LogP contribution in [0.15, 0.2) is 35.4 Å². The number of rotatable bonds is 4. The van der Waals surface area contributed by atoms with Gasteiger partial charge in [0.25, 0.3) is 0 Å². The molecule has 1 aromatic heterocycles. The van der Waals surface area contributed by atoms with Gasteiger partial charge in [0.2, 0.25) is 10.0 Å². The Morgan fingerprint density at radius 2 is 2.05 bits per heavy atom. The van der Waals surface area contributed by atoms with Gasteiger partial charge in [-0.15, -0.1) is 0 Å². The first-order chi connectivity index (χ1) is 8.92. The number of nitrogen functional groups attached to an aromatic ring is 1. The third-order valence-electron chi connectivity index (χ3n) is 2.58. The van der Waals surface area contributed by atoms with E-state index in [9.17, 15) is 8.42 Å². The van der Waals surface area contributed by atoms with Crippen molar-refractivity contribution in [1.82, 2.24) is 14.5 Å². The fraction of sp³-hybridized carbons (Fsp3) is 0.182. The van der Waals surface area contributed by atoms with Gasteiger partial charge in [0, 0.05) is 19.3 Å². The first-order valence-corrected chi connectivity index (χ1v) is 7.00. The highest BCUT2D eigenvalue weighted by atomic mass is 32.2. The Bertz CT molecular complexity index is 693. The molecule has 0 atom stereocenters. The van der Waals surface area contributed by atoms with Gasteiger partial charge >= 0.3 is 0 Å². The minimum Gasteiger partial charge on any atom is -0.397 e. The standard InChI is InChI=1S/C11H15N5O2S/c1-13-19(17,18)8-3-4-9(12)10(7-8)14-11-5-6-16(2)15-11/h3-7,13H,12H2,1-2H3,(H,14,15). The summed E-state index contributed by atoms with van der Waals surface area (Å²) in [5.74, 6) is 0.591. The maximum absolute atomic E-state index is 11.7. The molecule has 0 unspecified atom stereocenters. The van der Waals surface area contributed by atoms with E-state index in [1.165, 1.54) is 25.2 Å². The van der Waals surface area contributed by atoms with Gasteiger partial charge in [0.05, 0.1) is 16.3 Å². The minimum absolute atomic E-state index is 0.141. The van der Waals surface area contributed by atoms with Crippen LogP contribution in [0.5, 0.6) is 0 Å². The van der Waals surface area contributed by atoms with Gasteiger partial charge in [-0.05, 0) is 25.2 Å². The van der Waals surface area contributed by atoms with Gasteiger partial charge in [-0.3, -0.25) is 4.68 Å². The molecule has 19 heavy (non-hydrogen) atoms. The lowest BCUT2D eigenvalue weighted by molar-refractivity contribution is 0.588. The van der Waals surface area contributed by atoms with E-state index in [0.29, 0.717) is 17.2 Å². The molecule has 0 saturated carbocycles. The van der Waals surface area contributed by atoms with Gasteiger partial charge < -0.3 is 11.1 Å². The van der Waals surface area contributed by atoms with Crippen LogP contribution in [0.4, 0.5) is 17.2 Å². The minimum atomic E-state index is -3.50. The Hall–Kier alpha value is -2.06. The second-order valence-electron chi connectivity index (χ2n) is 3.96. The first-order valence-electron chi connectivity index (χ1n) is 5.52. The predicted octanol–water partition coefficient (Wildman–Crippen LogP) is 0.654. The molecule has 0 spiro atoms. The van der Waals surface area contributed by atoms with Crippen LogP contribution < -0.4 is 15.8 Å². The van der Waals surface area contributed by atoms with Crippen molar-refractivity contribution in [3.8, 4) is 0 Å². The summed E-state index contributed by atoms with van der Waals surface area (Å²) in [6.07, 6.45) is 1.77. The van der Waals surface area contributed by atoms with E-state index in [-0.39, 0.29) is 4.90 Å². The number of aromatic nitrogens is 2. The van der Waals surface area contributed by atoms with Crippen molar-refractivity contribution >= 4 is 27.2 Å². The smallest absolute Gasteiger partial charge is 0.240 e. The van der Waals surface area contributed by atoms with E-state index >= 15 is 0 Å². The molecular formula is C11H15N5O2S. The van der Waals surface area contributed by atoms with Gasteiger partial charge in [0.1, 0.15) is 0 Å². The van der Waals surface area contributed by atoms with E-state index in [1.807, 2.05) is 0 Å². The summed E-state index contributed by atoms with van der Waals surface area (Å²) >= 11 is 0. The van der Waals surface area contributed by atoms with Crippen LogP contribution in [-0.4, -0.2) is 25.2 Å².